The topological polar surface area (TPSA) is 78.9 Å². The third kappa shape index (κ3) is 45.5. The fraction of sp³-hybridized carbons (Fsp3) is 0.679. The smallest absolute Gasteiger partial charge is 0.306 e. The van der Waals surface area contributed by atoms with E-state index >= 15 is 0 Å². The van der Waals surface area contributed by atoms with E-state index in [-0.39, 0.29) is 37.5 Å². The van der Waals surface area contributed by atoms with Crippen molar-refractivity contribution in [1.82, 2.24) is 0 Å². The van der Waals surface area contributed by atoms with E-state index in [1.165, 1.54) is 103 Å². The van der Waals surface area contributed by atoms with Crippen molar-refractivity contribution in [3.8, 4) is 0 Å². The molecule has 0 aromatic heterocycles. The van der Waals surface area contributed by atoms with Crippen LogP contribution in [-0.4, -0.2) is 37.2 Å². The molecule has 59 heavy (non-hydrogen) atoms. The average Bonchev–Trinajstić information content (AvgIpc) is 3.23. The monoisotopic (exact) mass is 821 g/mol. The number of hydrogen-bond donors (Lipinski definition) is 0. The van der Waals surface area contributed by atoms with Gasteiger partial charge in [-0.25, -0.2) is 0 Å². The van der Waals surface area contributed by atoms with Crippen LogP contribution in [0.25, 0.3) is 0 Å². The zero-order valence-electron chi connectivity index (χ0n) is 38.2. The SMILES string of the molecule is CC\C=C/C=C\C=C/C=C\C=C/CCCC(=O)OC(COC(=O)CCCCCCCC/C=C\C=C/CCCCC)COC(=O)CCCCCCCCCCCCCCC. The highest BCUT2D eigenvalue weighted by molar-refractivity contribution is 5.71. The van der Waals surface area contributed by atoms with Crippen molar-refractivity contribution < 1.29 is 28.6 Å². The molecule has 1 atom stereocenters. The molecule has 0 radical (unpaired) electrons. The van der Waals surface area contributed by atoms with Gasteiger partial charge in [0, 0.05) is 19.3 Å². The summed E-state index contributed by atoms with van der Waals surface area (Å²) < 4.78 is 16.7. The fourth-order valence-electron chi connectivity index (χ4n) is 6.40. The van der Waals surface area contributed by atoms with Gasteiger partial charge in [0.2, 0.25) is 0 Å². The predicted molar refractivity (Wildman–Crippen MR) is 251 cm³/mol. The molecular formula is C53H88O6. The van der Waals surface area contributed by atoms with E-state index in [2.05, 4.69) is 51.2 Å². The Morgan fingerprint density at radius 3 is 1.14 bits per heavy atom. The van der Waals surface area contributed by atoms with Gasteiger partial charge >= 0.3 is 17.9 Å². The second-order valence-corrected chi connectivity index (χ2v) is 15.8. The highest BCUT2D eigenvalue weighted by atomic mass is 16.6. The summed E-state index contributed by atoms with van der Waals surface area (Å²) in [6.45, 7) is 6.38. The molecule has 0 bridgehead atoms. The number of allylic oxidation sites excluding steroid dienone is 14. The molecule has 0 aromatic carbocycles. The molecule has 0 spiro atoms. The van der Waals surface area contributed by atoms with Crippen molar-refractivity contribution in [3.05, 3.63) is 85.1 Å². The number of ether oxygens (including phenoxy) is 3. The molecule has 336 valence electrons. The first kappa shape index (κ1) is 55.6. The summed E-state index contributed by atoms with van der Waals surface area (Å²) >= 11 is 0. The molecule has 0 N–H and O–H groups in total. The van der Waals surface area contributed by atoms with Crippen LogP contribution >= 0.6 is 0 Å². The van der Waals surface area contributed by atoms with Gasteiger partial charge in [0.15, 0.2) is 6.10 Å². The Bertz CT molecular complexity index is 1170. The lowest BCUT2D eigenvalue weighted by atomic mass is 10.0. The number of esters is 3. The highest BCUT2D eigenvalue weighted by Gasteiger charge is 2.19. The lowest BCUT2D eigenvalue weighted by Gasteiger charge is -2.18. The van der Waals surface area contributed by atoms with E-state index in [4.69, 9.17) is 14.2 Å². The van der Waals surface area contributed by atoms with E-state index in [9.17, 15) is 14.4 Å². The molecule has 0 aliphatic carbocycles. The number of rotatable bonds is 42. The first-order valence-corrected chi connectivity index (χ1v) is 24.2. The standard InChI is InChI=1S/C53H88O6/c1-4-7-10-13-16-19-22-25-26-29-31-34-37-40-43-46-52(55)58-49-50(59-53(56)47-44-41-38-35-32-28-24-21-18-15-12-9-6-3)48-57-51(54)45-42-39-36-33-30-27-23-20-17-14-11-8-5-2/h9,12,15-16,18-19,21-22,24-25,28,32,35,38,50H,4-8,10-11,13-14,17,20,23,26-27,29-31,33-34,36-37,39-49H2,1-3H3/b12-9-,18-15-,19-16-,24-21-,25-22-,32-28-,38-35-. The van der Waals surface area contributed by atoms with Crippen LogP contribution < -0.4 is 0 Å². The first-order chi connectivity index (χ1) is 29.0. The molecule has 1 unspecified atom stereocenters. The van der Waals surface area contributed by atoms with E-state index in [1.807, 2.05) is 54.7 Å². The summed E-state index contributed by atoms with van der Waals surface area (Å²) in [5.74, 6) is -0.998. The van der Waals surface area contributed by atoms with Gasteiger partial charge in [0.25, 0.3) is 0 Å². The minimum atomic E-state index is -0.815. The molecule has 0 rings (SSSR count). The lowest BCUT2D eigenvalue weighted by molar-refractivity contribution is -0.167. The zero-order chi connectivity index (χ0) is 43.0. The Kier molecular flexibility index (Phi) is 44.5. The van der Waals surface area contributed by atoms with Crippen molar-refractivity contribution in [1.29, 1.82) is 0 Å². The summed E-state index contributed by atoms with van der Waals surface area (Å²) in [5.41, 5.74) is 0. The maximum Gasteiger partial charge on any atom is 0.306 e. The summed E-state index contributed by atoms with van der Waals surface area (Å²) in [6, 6.07) is 0. The van der Waals surface area contributed by atoms with E-state index in [0.29, 0.717) is 19.3 Å². The van der Waals surface area contributed by atoms with Crippen LogP contribution in [0, 0.1) is 0 Å². The Labute approximate surface area is 363 Å². The van der Waals surface area contributed by atoms with E-state index in [1.54, 1.807) is 0 Å². The second-order valence-electron chi connectivity index (χ2n) is 15.8. The minimum Gasteiger partial charge on any atom is -0.462 e. The van der Waals surface area contributed by atoms with Gasteiger partial charge in [0.05, 0.1) is 0 Å². The van der Waals surface area contributed by atoms with Gasteiger partial charge in [-0.15, -0.1) is 0 Å². The van der Waals surface area contributed by atoms with Crippen LogP contribution in [0.15, 0.2) is 85.1 Å². The minimum absolute atomic E-state index is 0.108. The maximum absolute atomic E-state index is 12.7. The van der Waals surface area contributed by atoms with Gasteiger partial charge in [-0.2, -0.15) is 0 Å². The Morgan fingerprint density at radius 2 is 0.678 bits per heavy atom. The Balaban J connectivity index is 4.50. The van der Waals surface area contributed by atoms with Crippen LogP contribution in [0.2, 0.25) is 0 Å². The van der Waals surface area contributed by atoms with Crippen molar-refractivity contribution in [2.24, 2.45) is 0 Å². The van der Waals surface area contributed by atoms with Gasteiger partial charge in [0.1, 0.15) is 13.2 Å². The summed E-state index contributed by atoms with van der Waals surface area (Å²) in [7, 11) is 0. The quantitative estimate of drug-likeness (QED) is 0.0264. The van der Waals surface area contributed by atoms with Gasteiger partial charge in [-0.1, -0.05) is 221 Å². The molecule has 0 saturated carbocycles. The van der Waals surface area contributed by atoms with Crippen molar-refractivity contribution in [3.63, 3.8) is 0 Å². The number of unbranched alkanes of at least 4 members (excludes halogenated alkanes) is 22. The third-order valence-corrected chi connectivity index (χ3v) is 10.0. The maximum atomic E-state index is 12.7. The molecule has 0 aliphatic heterocycles. The van der Waals surface area contributed by atoms with Crippen molar-refractivity contribution in [2.45, 2.75) is 219 Å². The fourth-order valence-corrected chi connectivity index (χ4v) is 6.40. The Morgan fingerprint density at radius 1 is 0.356 bits per heavy atom. The molecule has 0 saturated heterocycles. The summed E-state index contributed by atoms with van der Waals surface area (Å²) in [4.78, 5) is 37.8. The molecule has 6 heteroatoms. The van der Waals surface area contributed by atoms with Crippen LogP contribution in [-0.2, 0) is 28.6 Å². The van der Waals surface area contributed by atoms with Crippen LogP contribution in [0.1, 0.15) is 213 Å². The van der Waals surface area contributed by atoms with Crippen molar-refractivity contribution in [2.75, 3.05) is 13.2 Å². The van der Waals surface area contributed by atoms with Gasteiger partial charge in [-0.3, -0.25) is 14.4 Å². The molecular weight excluding hydrogens is 733 g/mol. The van der Waals surface area contributed by atoms with Crippen molar-refractivity contribution >= 4 is 17.9 Å². The molecule has 0 fully saturated rings. The average molecular weight is 821 g/mol. The van der Waals surface area contributed by atoms with Crippen LogP contribution in [0.4, 0.5) is 0 Å². The largest absolute Gasteiger partial charge is 0.462 e. The second kappa shape index (κ2) is 47.3. The molecule has 0 amide bonds. The first-order valence-electron chi connectivity index (χ1n) is 24.2. The van der Waals surface area contributed by atoms with Crippen LogP contribution in [0.5, 0.6) is 0 Å². The van der Waals surface area contributed by atoms with Gasteiger partial charge < -0.3 is 14.2 Å². The molecule has 0 aliphatic rings. The normalized spacial score (nSPS) is 12.8. The van der Waals surface area contributed by atoms with Crippen LogP contribution in [0.3, 0.4) is 0 Å². The number of carbonyl (C=O) groups is 3. The summed E-state index contributed by atoms with van der Waals surface area (Å²) in [6.07, 6.45) is 60.0. The van der Waals surface area contributed by atoms with E-state index in [0.717, 1.165) is 64.2 Å². The molecule has 6 nitrogen and oxygen atoms in total. The predicted octanol–water partition coefficient (Wildman–Crippen LogP) is 15.6. The zero-order valence-corrected chi connectivity index (χ0v) is 38.2. The molecule has 0 aromatic rings. The number of carbonyl (C=O) groups excluding carboxylic acids is 3. The third-order valence-electron chi connectivity index (χ3n) is 10.0. The molecule has 0 heterocycles. The van der Waals surface area contributed by atoms with Gasteiger partial charge in [-0.05, 0) is 57.8 Å². The highest BCUT2D eigenvalue weighted by Crippen LogP contribution is 2.14. The lowest BCUT2D eigenvalue weighted by Crippen LogP contribution is -2.30. The van der Waals surface area contributed by atoms with E-state index < -0.39 is 6.10 Å². The number of hydrogen-bond acceptors (Lipinski definition) is 6. The Hall–Kier alpha value is -3.41. The summed E-state index contributed by atoms with van der Waals surface area (Å²) in [5, 5.41) is 0.